The van der Waals surface area contributed by atoms with Gasteiger partial charge in [-0.05, 0) is 49.3 Å². The first-order valence-corrected chi connectivity index (χ1v) is 9.58. The Morgan fingerprint density at radius 3 is 2.59 bits per heavy atom. The molecule has 1 aromatic carbocycles. The maximum atomic E-state index is 12.6. The van der Waals surface area contributed by atoms with Gasteiger partial charge in [-0.25, -0.2) is 4.68 Å². The number of aromatic nitrogens is 4. The van der Waals surface area contributed by atoms with Crippen LogP contribution in [0.2, 0.25) is 0 Å². The zero-order valence-electron chi connectivity index (χ0n) is 15.4. The molecule has 0 radical (unpaired) electrons. The number of ether oxygens (including phenoxy) is 1. The number of nitrogens with zero attached hydrogens (tertiary/aromatic N) is 4. The Bertz CT molecular complexity index is 1120. The Labute approximate surface area is 156 Å². The van der Waals surface area contributed by atoms with Gasteiger partial charge in [-0.3, -0.25) is 9.78 Å². The molecular weight excluding hydrogens is 342 g/mol. The predicted molar refractivity (Wildman–Crippen MR) is 102 cm³/mol. The van der Waals surface area contributed by atoms with Gasteiger partial charge in [0.25, 0.3) is 5.56 Å². The van der Waals surface area contributed by atoms with Gasteiger partial charge in [0, 0.05) is 12.7 Å². The highest BCUT2D eigenvalue weighted by Crippen LogP contribution is 2.41. The van der Waals surface area contributed by atoms with Crippen molar-refractivity contribution in [3.8, 4) is 5.69 Å². The molecule has 0 amide bonds. The normalized spacial score (nSPS) is 23.9. The van der Waals surface area contributed by atoms with Crippen molar-refractivity contribution in [1.82, 2.24) is 19.7 Å². The van der Waals surface area contributed by atoms with Crippen LogP contribution in [-0.4, -0.2) is 45.0 Å². The Morgan fingerprint density at radius 1 is 1.22 bits per heavy atom. The lowest BCUT2D eigenvalue weighted by molar-refractivity contribution is -0.114. The smallest absolute Gasteiger partial charge is 0.263 e. The monoisotopic (exact) mass is 363 g/mol. The van der Waals surface area contributed by atoms with Crippen molar-refractivity contribution in [3.05, 3.63) is 45.4 Å². The van der Waals surface area contributed by atoms with Crippen molar-refractivity contribution >= 4 is 17.0 Å². The quantitative estimate of drug-likeness (QED) is 0.772. The molecule has 2 atom stereocenters. The minimum absolute atomic E-state index is 0.144. The number of morpholine rings is 1. The van der Waals surface area contributed by atoms with Crippen molar-refractivity contribution in [1.29, 1.82) is 0 Å². The highest BCUT2D eigenvalue weighted by molar-refractivity contribution is 5.75. The third-order valence-electron chi connectivity index (χ3n) is 6.13. The molecule has 2 saturated heterocycles. The van der Waals surface area contributed by atoms with E-state index in [-0.39, 0.29) is 5.56 Å². The van der Waals surface area contributed by atoms with Crippen LogP contribution >= 0.6 is 0 Å². The second kappa shape index (κ2) is 5.19. The van der Waals surface area contributed by atoms with E-state index in [2.05, 4.69) is 45.9 Å². The second-order valence-corrected chi connectivity index (χ2v) is 8.07. The molecule has 7 heteroatoms. The molecule has 3 aliphatic rings. The summed E-state index contributed by atoms with van der Waals surface area (Å²) < 4.78 is 7.25. The summed E-state index contributed by atoms with van der Waals surface area (Å²) >= 11 is 0. The predicted octanol–water partition coefficient (Wildman–Crippen LogP) is 2.19. The van der Waals surface area contributed by atoms with Gasteiger partial charge in [-0.15, -0.1) is 5.10 Å². The van der Waals surface area contributed by atoms with Gasteiger partial charge in [0.05, 0.1) is 24.4 Å². The van der Waals surface area contributed by atoms with Crippen LogP contribution in [0.25, 0.3) is 16.7 Å². The Balaban J connectivity index is 1.44. The minimum Gasteiger partial charge on any atom is -0.372 e. The van der Waals surface area contributed by atoms with Gasteiger partial charge < -0.3 is 9.64 Å². The van der Waals surface area contributed by atoms with Crippen LogP contribution in [0.4, 0.5) is 5.95 Å². The van der Waals surface area contributed by atoms with Crippen LogP contribution in [0.5, 0.6) is 0 Å². The number of hydrogen-bond acceptors (Lipinski definition) is 5. The Morgan fingerprint density at radius 2 is 2.00 bits per heavy atom. The first kappa shape index (κ1) is 15.4. The third kappa shape index (κ3) is 2.21. The molecule has 0 spiro atoms. The van der Waals surface area contributed by atoms with E-state index in [0.29, 0.717) is 35.7 Å². The van der Waals surface area contributed by atoms with Gasteiger partial charge >= 0.3 is 0 Å². The van der Waals surface area contributed by atoms with E-state index >= 15 is 0 Å². The standard InChI is InChI=1S/C20H21N5O2/c1-10-5-13(12-3-4-12)6-11(2)17(10)25-7-14-18(23-25)21-20(22-19(14)26)24-8-16-15(24)9-27-16/h5-7,12,15-16H,3-4,8-9H2,1-2H3,(H,21,22,23,26). The van der Waals surface area contributed by atoms with E-state index in [1.807, 2.05) is 4.68 Å². The molecule has 3 fully saturated rings. The number of fused-ring (bicyclic) bond motifs is 2. The van der Waals surface area contributed by atoms with E-state index in [0.717, 1.165) is 18.2 Å². The maximum Gasteiger partial charge on any atom is 0.263 e. The number of anilines is 1. The molecule has 1 N–H and O–H groups in total. The van der Waals surface area contributed by atoms with E-state index in [1.54, 1.807) is 6.20 Å². The SMILES string of the molecule is Cc1cc(C2CC2)cc(C)c1-n1cc2c(=O)[nH]c(N3CC4OCC43)nc2n1. The zero-order valence-corrected chi connectivity index (χ0v) is 15.4. The highest BCUT2D eigenvalue weighted by atomic mass is 16.5. The van der Waals surface area contributed by atoms with Crippen LogP contribution in [0.3, 0.4) is 0 Å². The summed E-state index contributed by atoms with van der Waals surface area (Å²) in [5.74, 6) is 1.32. The van der Waals surface area contributed by atoms with Gasteiger partial charge in [0.15, 0.2) is 5.65 Å². The molecule has 2 aromatic heterocycles. The maximum absolute atomic E-state index is 12.6. The molecule has 7 nitrogen and oxygen atoms in total. The van der Waals surface area contributed by atoms with Crippen LogP contribution in [0.1, 0.15) is 35.4 Å². The fourth-order valence-corrected chi connectivity index (χ4v) is 4.38. The van der Waals surface area contributed by atoms with Gasteiger partial charge in [0.1, 0.15) is 5.39 Å². The van der Waals surface area contributed by atoms with Gasteiger partial charge in [0.2, 0.25) is 5.95 Å². The number of benzene rings is 1. The third-order valence-corrected chi connectivity index (χ3v) is 6.13. The van der Waals surface area contributed by atoms with E-state index < -0.39 is 0 Å². The van der Waals surface area contributed by atoms with E-state index in [9.17, 15) is 4.79 Å². The first-order chi connectivity index (χ1) is 13.1. The lowest BCUT2D eigenvalue weighted by Gasteiger charge is -2.54. The number of aryl methyl sites for hydroxylation is 2. The molecule has 2 aliphatic heterocycles. The van der Waals surface area contributed by atoms with Crippen LogP contribution in [0, 0.1) is 13.8 Å². The summed E-state index contributed by atoms with van der Waals surface area (Å²) in [6.45, 7) is 5.70. The molecule has 1 saturated carbocycles. The fraction of sp³-hybridized carbons (Fsp3) is 0.450. The molecule has 27 heavy (non-hydrogen) atoms. The van der Waals surface area contributed by atoms with Gasteiger partial charge in [-0.2, -0.15) is 4.98 Å². The molecule has 138 valence electrons. The molecule has 0 bridgehead atoms. The largest absolute Gasteiger partial charge is 0.372 e. The number of hydrogen-bond donors (Lipinski definition) is 1. The summed E-state index contributed by atoms with van der Waals surface area (Å²) in [5, 5.41) is 5.17. The van der Waals surface area contributed by atoms with Crippen molar-refractivity contribution in [3.63, 3.8) is 0 Å². The van der Waals surface area contributed by atoms with Crippen molar-refractivity contribution in [2.24, 2.45) is 0 Å². The molecule has 4 heterocycles. The number of aromatic amines is 1. The second-order valence-electron chi connectivity index (χ2n) is 8.07. The Kier molecular flexibility index (Phi) is 2.96. The average molecular weight is 363 g/mol. The summed E-state index contributed by atoms with van der Waals surface area (Å²) in [7, 11) is 0. The molecule has 1 aliphatic carbocycles. The molecule has 6 rings (SSSR count). The first-order valence-electron chi connectivity index (χ1n) is 9.58. The summed E-state index contributed by atoms with van der Waals surface area (Å²) in [6, 6.07) is 4.85. The molecule has 3 aromatic rings. The number of H-pyrrole nitrogens is 1. The van der Waals surface area contributed by atoms with Crippen LogP contribution < -0.4 is 10.5 Å². The topological polar surface area (TPSA) is 76.0 Å². The fourth-order valence-electron chi connectivity index (χ4n) is 4.38. The van der Waals surface area contributed by atoms with Crippen molar-refractivity contribution < 1.29 is 4.74 Å². The van der Waals surface area contributed by atoms with Gasteiger partial charge in [-0.1, -0.05) is 12.1 Å². The number of rotatable bonds is 3. The summed E-state index contributed by atoms with van der Waals surface area (Å²) in [5.41, 5.74) is 5.16. The highest BCUT2D eigenvalue weighted by Gasteiger charge is 2.48. The average Bonchev–Trinajstić information content (AvgIpc) is 3.37. The van der Waals surface area contributed by atoms with Crippen molar-refractivity contribution in [2.45, 2.75) is 44.8 Å². The van der Waals surface area contributed by atoms with E-state index in [1.165, 1.54) is 29.5 Å². The van der Waals surface area contributed by atoms with Crippen LogP contribution in [-0.2, 0) is 4.74 Å². The Hall–Kier alpha value is -2.67. The van der Waals surface area contributed by atoms with E-state index in [4.69, 9.17) is 4.74 Å². The lowest BCUT2D eigenvalue weighted by atomic mass is 9.95. The summed E-state index contributed by atoms with van der Waals surface area (Å²) in [4.78, 5) is 22.2. The van der Waals surface area contributed by atoms with Crippen LogP contribution in [0.15, 0.2) is 23.1 Å². The van der Waals surface area contributed by atoms with Crippen molar-refractivity contribution in [2.75, 3.05) is 18.1 Å². The lowest BCUT2D eigenvalue weighted by Crippen LogP contribution is -2.71. The molecule has 2 unspecified atom stereocenters. The minimum atomic E-state index is -0.144. The number of nitrogens with one attached hydrogen (secondary N) is 1. The zero-order chi connectivity index (χ0) is 18.3. The summed E-state index contributed by atoms with van der Waals surface area (Å²) in [6.07, 6.45) is 4.66. The molecular formula is C20H21N5O2.